The van der Waals surface area contributed by atoms with Crippen LogP contribution in [0.1, 0.15) is 38.4 Å². The molecule has 20 heavy (non-hydrogen) atoms. The van der Waals surface area contributed by atoms with Crippen LogP contribution in [0.4, 0.5) is 0 Å². The maximum Gasteiger partial charge on any atom is 0.263 e. The van der Waals surface area contributed by atoms with Crippen molar-refractivity contribution in [3.63, 3.8) is 0 Å². The molecule has 4 nitrogen and oxygen atoms in total. The number of aliphatic hydroxyl groups excluding tert-OH is 1. The van der Waals surface area contributed by atoms with Gasteiger partial charge >= 0.3 is 0 Å². The van der Waals surface area contributed by atoms with Gasteiger partial charge in [0.25, 0.3) is 5.91 Å². The van der Waals surface area contributed by atoms with Crippen molar-refractivity contribution in [2.45, 2.75) is 38.9 Å². The number of hydrogen-bond acceptors (Lipinski definition) is 3. The van der Waals surface area contributed by atoms with Crippen LogP contribution in [-0.4, -0.2) is 35.1 Å². The number of rotatable bonds is 4. The monoisotopic (exact) mass is 341 g/mol. The van der Waals surface area contributed by atoms with E-state index in [1.54, 1.807) is 19.9 Å². The molecule has 0 aliphatic carbocycles. The van der Waals surface area contributed by atoms with Gasteiger partial charge in [-0.15, -0.1) is 0 Å². The summed E-state index contributed by atoms with van der Waals surface area (Å²) >= 11 is 3.37. The fraction of sp³-hybridized carbons (Fsp3) is 0.533. The maximum absolute atomic E-state index is 12.2. The minimum absolute atomic E-state index is 0.0157. The number of halogens is 1. The maximum atomic E-state index is 12.2. The Kier molecular flexibility index (Phi) is 5.05. The van der Waals surface area contributed by atoms with Crippen LogP contribution in [0.3, 0.4) is 0 Å². The van der Waals surface area contributed by atoms with E-state index in [0.29, 0.717) is 11.3 Å². The summed E-state index contributed by atoms with van der Waals surface area (Å²) in [6, 6.07) is 5.43. The van der Waals surface area contributed by atoms with E-state index < -0.39 is 12.2 Å². The Balaban J connectivity index is 2.10. The molecule has 1 aromatic rings. The first-order chi connectivity index (χ1) is 9.49. The minimum atomic E-state index is -0.642. The second kappa shape index (κ2) is 6.59. The van der Waals surface area contributed by atoms with Crippen LogP contribution in [0.25, 0.3) is 0 Å². The van der Waals surface area contributed by atoms with Crippen LogP contribution in [0, 0.1) is 0 Å². The Morgan fingerprint density at radius 3 is 2.60 bits per heavy atom. The molecule has 1 fully saturated rings. The smallest absolute Gasteiger partial charge is 0.263 e. The van der Waals surface area contributed by atoms with Crippen molar-refractivity contribution < 1.29 is 14.6 Å². The predicted molar refractivity (Wildman–Crippen MR) is 80.7 cm³/mol. The molecule has 1 unspecified atom stereocenters. The van der Waals surface area contributed by atoms with Crippen molar-refractivity contribution in [1.29, 1.82) is 0 Å². The zero-order chi connectivity index (χ0) is 14.7. The molecule has 1 aliphatic heterocycles. The zero-order valence-corrected chi connectivity index (χ0v) is 13.4. The highest BCUT2D eigenvalue weighted by Gasteiger charge is 2.25. The molecule has 0 radical (unpaired) electrons. The Labute approximate surface area is 127 Å². The number of amides is 1. The van der Waals surface area contributed by atoms with Gasteiger partial charge in [0.1, 0.15) is 5.75 Å². The zero-order valence-electron chi connectivity index (χ0n) is 11.8. The van der Waals surface area contributed by atoms with E-state index >= 15 is 0 Å². The number of ether oxygens (including phenoxy) is 1. The van der Waals surface area contributed by atoms with E-state index in [1.165, 1.54) is 0 Å². The number of aliphatic hydroxyl groups is 1. The number of benzene rings is 1. The predicted octanol–water partition coefficient (Wildman–Crippen LogP) is 2.89. The number of hydrogen-bond donors (Lipinski definition) is 1. The summed E-state index contributed by atoms with van der Waals surface area (Å²) < 4.78 is 6.64. The lowest BCUT2D eigenvalue weighted by molar-refractivity contribution is -0.136. The highest BCUT2D eigenvalue weighted by atomic mass is 79.9. The summed E-state index contributed by atoms with van der Waals surface area (Å²) in [4.78, 5) is 14.1. The Morgan fingerprint density at radius 1 is 1.35 bits per heavy atom. The molecule has 1 aromatic carbocycles. The van der Waals surface area contributed by atoms with E-state index in [0.717, 1.165) is 30.4 Å². The second-order valence-electron chi connectivity index (χ2n) is 5.15. The van der Waals surface area contributed by atoms with Crippen molar-refractivity contribution in [1.82, 2.24) is 4.90 Å². The molecule has 1 amide bonds. The third kappa shape index (κ3) is 3.52. The van der Waals surface area contributed by atoms with Crippen LogP contribution >= 0.6 is 15.9 Å². The number of likely N-dealkylation sites (tertiary alicyclic amines) is 1. The molecule has 1 N–H and O–H groups in total. The van der Waals surface area contributed by atoms with E-state index in [1.807, 2.05) is 17.0 Å². The van der Waals surface area contributed by atoms with Gasteiger partial charge in [0.2, 0.25) is 0 Å². The van der Waals surface area contributed by atoms with E-state index in [4.69, 9.17) is 4.74 Å². The molecule has 0 spiro atoms. The van der Waals surface area contributed by atoms with Gasteiger partial charge < -0.3 is 14.7 Å². The van der Waals surface area contributed by atoms with Crippen LogP contribution < -0.4 is 4.74 Å². The molecule has 0 saturated carbocycles. The van der Waals surface area contributed by atoms with Gasteiger partial charge in [-0.25, -0.2) is 0 Å². The van der Waals surface area contributed by atoms with Crippen molar-refractivity contribution in [3.05, 3.63) is 28.2 Å². The van der Waals surface area contributed by atoms with Crippen LogP contribution in [-0.2, 0) is 4.79 Å². The molecule has 1 saturated heterocycles. The molecule has 110 valence electrons. The Hall–Kier alpha value is -1.07. The summed E-state index contributed by atoms with van der Waals surface area (Å²) in [7, 11) is 0. The third-order valence-electron chi connectivity index (χ3n) is 3.49. The van der Waals surface area contributed by atoms with Gasteiger partial charge in [-0.05, 0) is 44.9 Å². The van der Waals surface area contributed by atoms with Gasteiger partial charge in [-0.3, -0.25) is 4.79 Å². The third-order valence-corrected chi connectivity index (χ3v) is 3.98. The Bertz CT molecular complexity index is 484. The number of carbonyl (C=O) groups is 1. The molecule has 2 atom stereocenters. The average Bonchev–Trinajstić information content (AvgIpc) is 2.93. The van der Waals surface area contributed by atoms with Crippen molar-refractivity contribution in [2.24, 2.45) is 0 Å². The lowest BCUT2D eigenvalue weighted by Crippen LogP contribution is -2.38. The van der Waals surface area contributed by atoms with Crippen LogP contribution in [0.5, 0.6) is 5.75 Å². The second-order valence-corrected chi connectivity index (χ2v) is 6.07. The van der Waals surface area contributed by atoms with Crippen LogP contribution in [0.2, 0.25) is 0 Å². The van der Waals surface area contributed by atoms with E-state index in [9.17, 15) is 9.90 Å². The normalized spacial score (nSPS) is 17.9. The van der Waals surface area contributed by atoms with Crippen molar-refractivity contribution >= 4 is 21.8 Å². The number of nitrogens with zero attached hydrogens (tertiary/aromatic N) is 1. The first-order valence-electron chi connectivity index (χ1n) is 6.92. The lowest BCUT2D eigenvalue weighted by Gasteiger charge is -2.23. The summed E-state index contributed by atoms with van der Waals surface area (Å²) in [5, 5.41) is 9.80. The first kappa shape index (κ1) is 15.3. The van der Waals surface area contributed by atoms with E-state index in [-0.39, 0.29) is 5.91 Å². The summed E-state index contributed by atoms with van der Waals surface area (Å²) in [5.41, 5.74) is 0.681. The molecule has 5 heteroatoms. The van der Waals surface area contributed by atoms with Crippen molar-refractivity contribution in [3.8, 4) is 5.75 Å². The van der Waals surface area contributed by atoms with Crippen LogP contribution in [0.15, 0.2) is 22.7 Å². The van der Waals surface area contributed by atoms with Gasteiger partial charge in [-0.1, -0.05) is 15.9 Å². The average molecular weight is 342 g/mol. The topological polar surface area (TPSA) is 49.8 Å². The summed E-state index contributed by atoms with van der Waals surface area (Å²) in [6.45, 7) is 5.07. The molecule has 1 heterocycles. The van der Waals surface area contributed by atoms with E-state index in [2.05, 4.69) is 15.9 Å². The summed E-state index contributed by atoms with van der Waals surface area (Å²) in [6.07, 6.45) is 0.953. The van der Waals surface area contributed by atoms with Crippen molar-refractivity contribution in [2.75, 3.05) is 13.1 Å². The lowest BCUT2D eigenvalue weighted by atomic mass is 10.1. The van der Waals surface area contributed by atoms with Gasteiger partial charge in [-0.2, -0.15) is 0 Å². The highest BCUT2D eigenvalue weighted by molar-refractivity contribution is 9.10. The highest BCUT2D eigenvalue weighted by Crippen LogP contribution is 2.29. The largest absolute Gasteiger partial charge is 0.481 e. The molecule has 2 rings (SSSR count). The fourth-order valence-electron chi connectivity index (χ4n) is 2.39. The SMILES string of the molecule is CC(Oc1ccc(Br)cc1[C@@H](C)O)C(=O)N1CCCC1. The quantitative estimate of drug-likeness (QED) is 0.915. The first-order valence-corrected chi connectivity index (χ1v) is 7.71. The molecule has 0 bridgehead atoms. The van der Waals surface area contributed by atoms with Gasteiger partial charge in [0, 0.05) is 23.1 Å². The number of carbonyl (C=O) groups excluding carboxylic acids is 1. The molecule has 1 aliphatic rings. The molecule has 0 aromatic heterocycles. The van der Waals surface area contributed by atoms with Gasteiger partial charge in [0.05, 0.1) is 6.10 Å². The molecular formula is C15H20BrNO3. The fourth-order valence-corrected chi connectivity index (χ4v) is 2.77. The minimum Gasteiger partial charge on any atom is -0.481 e. The van der Waals surface area contributed by atoms with Gasteiger partial charge in [0.15, 0.2) is 6.10 Å². The standard InChI is InChI=1S/C15H20BrNO3/c1-10(18)13-9-12(16)5-6-14(13)20-11(2)15(19)17-7-3-4-8-17/h5-6,9-11,18H,3-4,7-8H2,1-2H3/t10-,11?/m1/s1. The molecular weight excluding hydrogens is 322 g/mol. The summed E-state index contributed by atoms with van der Waals surface area (Å²) in [5.74, 6) is 0.574. The Morgan fingerprint density at radius 2 is 2.00 bits per heavy atom.